The van der Waals surface area contributed by atoms with Gasteiger partial charge in [-0.15, -0.1) is 0 Å². The minimum absolute atomic E-state index is 0.0704. The van der Waals surface area contributed by atoms with Crippen molar-refractivity contribution < 1.29 is 9.90 Å². The lowest BCUT2D eigenvalue weighted by Crippen LogP contribution is -2.45. The van der Waals surface area contributed by atoms with Crippen molar-refractivity contribution in [3.05, 3.63) is 30.1 Å². The Morgan fingerprint density at radius 2 is 2.23 bits per heavy atom. The molecule has 0 radical (unpaired) electrons. The molecule has 22 heavy (non-hydrogen) atoms. The Labute approximate surface area is 132 Å². The van der Waals surface area contributed by atoms with E-state index in [0.717, 1.165) is 5.56 Å². The molecule has 122 valence electrons. The van der Waals surface area contributed by atoms with Gasteiger partial charge in [0.1, 0.15) is 0 Å². The van der Waals surface area contributed by atoms with Crippen molar-refractivity contribution in [3.8, 4) is 0 Å². The molecule has 1 aromatic rings. The molecule has 6 heteroatoms. The summed E-state index contributed by atoms with van der Waals surface area (Å²) < 4.78 is 0. The summed E-state index contributed by atoms with van der Waals surface area (Å²) in [6, 6.07) is 3.90. The van der Waals surface area contributed by atoms with Gasteiger partial charge in [-0.1, -0.05) is 6.07 Å². The van der Waals surface area contributed by atoms with E-state index in [1.807, 2.05) is 49.3 Å². The van der Waals surface area contributed by atoms with Crippen molar-refractivity contribution in [2.24, 2.45) is 0 Å². The number of carbonyl (C=O) groups is 1. The van der Waals surface area contributed by atoms with Crippen LogP contribution < -0.4 is 0 Å². The van der Waals surface area contributed by atoms with Crippen LogP contribution in [0.5, 0.6) is 0 Å². The van der Waals surface area contributed by atoms with Crippen LogP contribution in [0, 0.1) is 0 Å². The van der Waals surface area contributed by atoms with Gasteiger partial charge in [-0.25, -0.2) is 0 Å². The molecule has 1 aromatic heterocycles. The maximum Gasteiger partial charge on any atom is 0.236 e. The van der Waals surface area contributed by atoms with Crippen LogP contribution in [0.25, 0.3) is 0 Å². The van der Waals surface area contributed by atoms with E-state index in [9.17, 15) is 9.90 Å². The van der Waals surface area contributed by atoms with Gasteiger partial charge in [-0.2, -0.15) is 0 Å². The first kappa shape index (κ1) is 16.9. The third-order valence-corrected chi connectivity index (χ3v) is 3.88. The number of likely N-dealkylation sites (N-methyl/N-ethyl adjacent to an activating group) is 2. The molecule has 6 nitrogen and oxygen atoms in total. The number of aliphatic hydroxyl groups is 1. The first-order chi connectivity index (χ1) is 10.4. The van der Waals surface area contributed by atoms with Crippen molar-refractivity contribution in [1.29, 1.82) is 0 Å². The molecule has 0 spiro atoms. The molecule has 1 aliphatic heterocycles. The van der Waals surface area contributed by atoms with Crippen LogP contribution in [0.2, 0.25) is 0 Å². The smallest absolute Gasteiger partial charge is 0.236 e. The number of rotatable bonds is 6. The van der Waals surface area contributed by atoms with Gasteiger partial charge in [-0.05, 0) is 39.2 Å². The van der Waals surface area contributed by atoms with Crippen LogP contribution in [-0.2, 0) is 11.3 Å². The molecule has 1 saturated heterocycles. The lowest BCUT2D eigenvalue weighted by Gasteiger charge is -2.27. The maximum atomic E-state index is 12.4. The Balaban J connectivity index is 1.83. The molecular formula is C16H26N4O2. The first-order valence-electron chi connectivity index (χ1n) is 7.60. The molecule has 2 heterocycles. The fraction of sp³-hybridized carbons (Fsp3) is 0.625. The zero-order valence-electron chi connectivity index (χ0n) is 13.7. The highest BCUT2D eigenvalue weighted by Gasteiger charge is 2.38. The van der Waals surface area contributed by atoms with Crippen molar-refractivity contribution in [2.45, 2.75) is 18.6 Å². The summed E-state index contributed by atoms with van der Waals surface area (Å²) in [5.74, 6) is 0.0704. The van der Waals surface area contributed by atoms with Gasteiger partial charge in [0.05, 0.1) is 18.7 Å². The van der Waals surface area contributed by atoms with E-state index in [1.54, 1.807) is 11.1 Å². The Kier molecular flexibility index (Phi) is 5.50. The summed E-state index contributed by atoms with van der Waals surface area (Å²) in [6.45, 7) is 2.68. The largest absolute Gasteiger partial charge is 0.387 e. The highest BCUT2D eigenvalue weighted by atomic mass is 16.3. The Morgan fingerprint density at radius 3 is 2.86 bits per heavy atom. The highest BCUT2D eigenvalue weighted by molar-refractivity contribution is 5.78. The lowest BCUT2D eigenvalue weighted by atomic mass is 10.0. The minimum Gasteiger partial charge on any atom is -0.387 e. The van der Waals surface area contributed by atoms with Crippen LogP contribution in [0.1, 0.15) is 12.0 Å². The number of carbonyl (C=O) groups excluding carboxylic acids is 1. The predicted molar refractivity (Wildman–Crippen MR) is 85.3 cm³/mol. The Bertz CT molecular complexity index is 494. The SMILES string of the molecule is CN(C)C[C@]1(O)CCN(C(=O)CN(C)Cc2cccnc2)C1. The minimum atomic E-state index is -0.777. The zero-order valence-corrected chi connectivity index (χ0v) is 13.7. The summed E-state index contributed by atoms with van der Waals surface area (Å²) in [6.07, 6.45) is 4.19. The van der Waals surface area contributed by atoms with Gasteiger partial charge in [0, 0.05) is 32.0 Å². The summed E-state index contributed by atoms with van der Waals surface area (Å²) in [7, 11) is 5.79. The molecule has 1 aliphatic rings. The van der Waals surface area contributed by atoms with Crippen molar-refractivity contribution in [1.82, 2.24) is 19.7 Å². The van der Waals surface area contributed by atoms with Gasteiger partial charge in [0.15, 0.2) is 0 Å². The fourth-order valence-corrected chi connectivity index (χ4v) is 2.98. The van der Waals surface area contributed by atoms with E-state index in [2.05, 4.69) is 4.98 Å². The van der Waals surface area contributed by atoms with Gasteiger partial charge < -0.3 is 14.9 Å². The number of pyridine rings is 1. The van der Waals surface area contributed by atoms with Crippen LogP contribution in [0.3, 0.4) is 0 Å². The van der Waals surface area contributed by atoms with E-state index in [1.165, 1.54) is 0 Å². The van der Waals surface area contributed by atoms with E-state index < -0.39 is 5.60 Å². The Morgan fingerprint density at radius 1 is 1.45 bits per heavy atom. The third-order valence-electron chi connectivity index (χ3n) is 3.88. The Hall–Kier alpha value is -1.50. The molecule has 1 amide bonds. The zero-order chi connectivity index (χ0) is 16.2. The monoisotopic (exact) mass is 306 g/mol. The van der Waals surface area contributed by atoms with Gasteiger partial charge in [-0.3, -0.25) is 14.7 Å². The first-order valence-corrected chi connectivity index (χ1v) is 7.60. The van der Waals surface area contributed by atoms with Gasteiger partial charge in [0.25, 0.3) is 0 Å². The highest BCUT2D eigenvalue weighted by Crippen LogP contribution is 2.22. The average Bonchev–Trinajstić information content (AvgIpc) is 2.81. The van der Waals surface area contributed by atoms with Crippen molar-refractivity contribution in [2.75, 3.05) is 47.3 Å². The number of amides is 1. The average molecular weight is 306 g/mol. The van der Waals surface area contributed by atoms with E-state index in [-0.39, 0.29) is 5.91 Å². The number of hydrogen-bond acceptors (Lipinski definition) is 5. The van der Waals surface area contributed by atoms with E-state index >= 15 is 0 Å². The van der Waals surface area contributed by atoms with Gasteiger partial charge >= 0.3 is 0 Å². The molecule has 0 unspecified atom stereocenters. The molecule has 1 atom stereocenters. The normalized spacial score (nSPS) is 21.8. The molecule has 1 N–H and O–H groups in total. The summed E-state index contributed by atoms with van der Waals surface area (Å²) in [5.41, 5.74) is 0.310. The molecule has 0 aromatic carbocycles. The molecule has 2 rings (SSSR count). The molecule has 0 bridgehead atoms. The second-order valence-corrected chi connectivity index (χ2v) is 6.56. The van der Waals surface area contributed by atoms with Crippen LogP contribution >= 0.6 is 0 Å². The fourth-order valence-electron chi connectivity index (χ4n) is 2.98. The number of likely N-dealkylation sites (tertiary alicyclic amines) is 1. The lowest BCUT2D eigenvalue weighted by molar-refractivity contribution is -0.132. The second-order valence-electron chi connectivity index (χ2n) is 6.56. The van der Waals surface area contributed by atoms with Crippen molar-refractivity contribution >= 4 is 5.91 Å². The maximum absolute atomic E-state index is 12.4. The standard InChI is InChI=1S/C16H26N4O2/c1-18(2)12-16(22)6-8-20(13-16)15(21)11-19(3)10-14-5-4-7-17-9-14/h4-5,7,9,22H,6,8,10-13H2,1-3H3/t16-/m1/s1. The summed E-state index contributed by atoms with van der Waals surface area (Å²) in [4.78, 5) is 22.1. The van der Waals surface area contributed by atoms with E-state index in [4.69, 9.17) is 0 Å². The third kappa shape index (κ3) is 4.76. The molecule has 0 aliphatic carbocycles. The van der Waals surface area contributed by atoms with Crippen LogP contribution in [-0.4, -0.2) is 83.6 Å². The van der Waals surface area contributed by atoms with Gasteiger partial charge in [0.2, 0.25) is 5.91 Å². The molecule has 1 fully saturated rings. The number of nitrogens with zero attached hydrogens (tertiary/aromatic N) is 4. The van der Waals surface area contributed by atoms with Crippen molar-refractivity contribution in [3.63, 3.8) is 0 Å². The molecular weight excluding hydrogens is 280 g/mol. The number of hydrogen-bond donors (Lipinski definition) is 1. The number of aromatic nitrogens is 1. The number of β-amino-alcohol motifs (C(OH)–C–C–N with tert-alkyl or cyclic N) is 1. The van der Waals surface area contributed by atoms with Crippen LogP contribution in [0.15, 0.2) is 24.5 Å². The second kappa shape index (κ2) is 7.17. The van der Waals surface area contributed by atoms with E-state index in [0.29, 0.717) is 39.1 Å². The van der Waals surface area contributed by atoms with Crippen LogP contribution in [0.4, 0.5) is 0 Å². The summed E-state index contributed by atoms with van der Waals surface area (Å²) >= 11 is 0. The predicted octanol–water partition coefficient (Wildman–Crippen LogP) is 0.0384. The summed E-state index contributed by atoms with van der Waals surface area (Å²) in [5, 5.41) is 10.5. The molecule has 0 saturated carbocycles. The topological polar surface area (TPSA) is 59.9 Å². The quantitative estimate of drug-likeness (QED) is 0.804.